The van der Waals surface area contributed by atoms with Gasteiger partial charge in [-0.2, -0.15) is 0 Å². The first kappa shape index (κ1) is 14.9. The van der Waals surface area contributed by atoms with E-state index in [-0.39, 0.29) is 11.7 Å². The van der Waals surface area contributed by atoms with E-state index < -0.39 is 11.4 Å². The van der Waals surface area contributed by atoms with E-state index in [9.17, 15) is 15.0 Å². The second kappa shape index (κ2) is 5.47. The first-order valence-corrected chi connectivity index (χ1v) is 7.46. The highest BCUT2D eigenvalue weighted by Gasteiger charge is 2.44. The molecule has 0 amide bonds. The lowest BCUT2D eigenvalue weighted by molar-refractivity contribution is -0.145. The summed E-state index contributed by atoms with van der Waals surface area (Å²) in [6, 6.07) is 3.86. The number of rotatable bonds is 3. The van der Waals surface area contributed by atoms with E-state index in [1.165, 1.54) is 0 Å². The number of phenols is 1. The zero-order valence-electron chi connectivity index (χ0n) is 12.6. The van der Waals surface area contributed by atoms with E-state index in [0.717, 1.165) is 30.4 Å². The summed E-state index contributed by atoms with van der Waals surface area (Å²) in [5.74, 6) is -0.412. The van der Waals surface area contributed by atoms with E-state index in [2.05, 4.69) is 0 Å². The van der Waals surface area contributed by atoms with E-state index in [4.69, 9.17) is 0 Å². The maximum absolute atomic E-state index is 12.0. The predicted octanol–water partition coefficient (Wildman–Crippen LogP) is 4.11. The molecule has 0 heterocycles. The van der Waals surface area contributed by atoms with Gasteiger partial charge in [-0.25, -0.2) is 0 Å². The molecule has 0 unspecified atom stereocenters. The average Bonchev–Trinajstić information content (AvgIpc) is 2.39. The highest BCUT2D eigenvalue weighted by atomic mass is 16.4. The Hall–Kier alpha value is -1.51. The second-order valence-corrected chi connectivity index (χ2v) is 6.30. The topological polar surface area (TPSA) is 57.5 Å². The molecule has 0 radical (unpaired) electrons. The second-order valence-electron chi connectivity index (χ2n) is 6.30. The minimum atomic E-state index is -0.905. The molecule has 1 aromatic rings. The molecule has 2 N–H and O–H groups in total. The Morgan fingerprint density at radius 3 is 2.30 bits per heavy atom. The Labute approximate surface area is 120 Å². The summed E-state index contributed by atoms with van der Waals surface area (Å²) in [5, 5.41) is 20.5. The van der Waals surface area contributed by atoms with Crippen molar-refractivity contribution in [3.05, 3.63) is 28.8 Å². The molecule has 1 aliphatic rings. The Bertz CT molecular complexity index is 511. The Morgan fingerprint density at radius 2 is 1.80 bits per heavy atom. The summed E-state index contributed by atoms with van der Waals surface area (Å²) < 4.78 is 0. The summed E-state index contributed by atoms with van der Waals surface area (Å²) in [6.45, 7) is 5.93. The number of carboxylic acids is 1. The highest BCUT2D eigenvalue weighted by Crippen LogP contribution is 2.46. The van der Waals surface area contributed by atoms with Crippen molar-refractivity contribution in [3.63, 3.8) is 0 Å². The molecule has 0 aliphatic heterocycles. The molecule has 0 spiro atoms. The van der Waals surface area contributed by atoms with Crippen LogP contribution in [0.3, 0.4) is 0 Å². The van der Waals surface area contributed by atoms with Gasteiger partial charge in [-0.05, 0) is 36.8 Å². The van der Waals surface area contributed by atoms with Gasteiger partial charge < -0.3 is 10.2 Å². The lowest BCUT2D eigenvalue weighted by Gasteiger charge is -2.36. The van der Waals surface area contributed by atoms with E-state index in [1.54, 1.807) is 0 Å². The van der Waals surface area contributed by atoms with Gasteiger partial charge in [-0.15, -0.1) is 0 Å². The van der Waals surface area contributed by atoms with E-state index in [1.807, 2.05) is 32.9 Å². The number of hydrogen-bond acceptors (Lipinski definition) is 2. The smallest absolute Gasteiger partial charge is 0.314 e. The fourth-order valence-corrected chi connectivity index (χ4v) is 3.50. The summed E-state index contributed by atoms with van der Waals surface area (Å²) in [6.07, 6.45) is 4.16. The number of aromatic hydroxyl groups is 1. The summed E-state index contributed by atoms with van der Waals surface area (Å²) in [7, 11) is 0. The molecule has 1 aliphatic carbocycles. The minimum Gasteiger partial charge on any atom is -0.507 e. The molecular weight excluding hydrogens is 252 g/mol. The Balaban J connectivity index is 2.64. The molecule has 110 valence electrons. The Kier molecular flexibility index (Phi) is 4.07. The summed E-state index contributed by atoms with van der Waals surface area (Å²) in [4.78, 5) is 12.0. The van der Waals surface area contributed by atoms with E-state index >= 15 is 0 Å². The van der Waals surface area contributed by atoms with Gasteiger partial charge in [-0.3, -0.25) is 4.79 Å². The molecule has 3 heteroatoms. The molecule has 1 aromatic carbocycles. The number of benzene rings is 1. The van der Waals surface area contributed by atoms with Gasteiger partial charge in [0.1, 0.15) is 5.75 Å². The zero-order chi connectivity index (χ0) is 14.9. The van der Waals surface area contributed by atoms with Gasteiger partial charge in [0.05, 0.1) is 5.41 Å². The van der Waals surface area contributed by atoms with Gasteiger partial charge in [-0.1, -0.05) is 45.2 Å². The molecule has 0 atom stereocenters. The normalized spacial score (nSPS) is 18.2. The fourth-order valence-electron chi connectivity index (χ4n) is 3.50. The third kappa shape index (κ3) is 2.30. The molecule has 3 nitrogen and oxygen atoms in total. The zero-order valence-corrected chi connectivity index (χ0v) is 12.6. The number of aliphatic carboxylic acids is 1. The molecular formula is C17H24O3. The van der Waals surface area contributed by atoms with Crippen molar-refractivity contribution in [2.24, 2.45) is 0 Å². The van der Waals surface area contributed by atoms with Crippen molar-refractivity contribution in [3.8, 4) is 5.75 Å². The molecule has 20 heavy (non-hydrogen) atoms. The lowest BCUT2D eigenvalue weighted by Crippen LogP contribution is -2.38. The van der Waals surface area contributed by atoms with Crippen LogP contribution in [0.1, 0.15) is 68.6 Å². The van der Waals surface area contributed by atoms with Crippen molar-refractivity contribution in [1.29, 1.82) is 0 Å². The lowest BCUT2D eigenvalue weighted by atomic mass is 9.67. The van der Waals surface area contributed by atoms with Gasteiger partial charge in [0, 0.05) is 5.56 Å². The molecule has 1 saturated carbocycles. The van der Waals surface area contributed by atoms with Crippen LogP contribution in [0.25, 0.3) is 0 Å². The third-order valence-corrected chi connectivity index (χ3v) is 4.63. The van der Waals surface area contributed by atoms with Crippen molar-refractivity contribution in [1.82, 2.24) is 0 Å². The maximum atomic E-state index is 12.0. The van der Waals surface area contributed by atoms with Crippen molar-refractivity contribution in [2.45, 2.75) is 64.2 Å². The van der Waals surface area contributed by atoms with Crippen LogP contribution in [-0.4, -0.2) is 16.2 Å². The molecule has 0 aromatic heterocycles. The van der Waals surface area contributed by atoms with Crippen LogP contribution < -0.4 is 0 Å². The van der Waals surface area contributed by atoms with Crippen LogP contribution in [0.15, 0.2) is 12.1 Å². The van der Waals surface area contributed by atoms with E-state index in [0.29, 0.717) is 18.4 Å². The minimum absolute atomic E-state index is 0.184. The molecule has 0 bridgehead atoms. The van der Waals surface area contributed by atoms with Crippen LogP contribution >= 0.6 is 0 Å². The summed E-state index contributed by atoms with van der Waals surface area (Å²) >= 11 is 0. The third-order valence-electron chi connectivity index (χ3n) is 4.63. The highest BCUT2D eigenvalue weighted by molar-refractivity contribution is 5.83. The maximum Gasteiger partial charge on any atom is 0.314 e. The largest absolute Gasteiger partial charge is 0.507 e. The number of carbonyl (C=O) groups is 1. The van der Waals surface area contributed by atoms with Crippen LogP contribution in [0, 0.1) is 6.92 Å². The molecule has 2 rings (SSSR count). The quantitative estimate of drug-likeness (QED) is 0.873. The fraction of sp³-hybridized carbons (Fsp3) is 0.588. The van der Waals surface area contributed by atoms with Gasteiger partial charge in [0.2, 0.25) is 0 Å². The van der Waals surface area contributed by atoms with Crippen molar-refractivity contribution < 1.29 is 15.0 Å². The molecule has 1 fully saturated rings. The number of phenolic OH excluding ortho intramolecular Hbond substituents is 1. The van der Waals surface area contributed by atoms with Gasteiger partial charge in [0.25, 0.3) is 0 Å². The standard InChI is InChI=1S/C17H24O3/c1-11(2)13-8-7-12(3)14(15(13)18)17(16(19)20)9-5-4-6-10-17/h7-8,11,18H,4-6,9-10H2,1-3H3,(H,19,20). The number of hydrogen-bond donors (Lipinski definition) is 2. The number of carboxylic acid groups (broad SMARTS) is 1. The van der Waals surface area contributed by atoms with Crippen molar-refractivity contribution >= 4 is 5.97 Å². The van der Waals surface area contributed by atoms with Crippen LogP contribution in [0.4, 0.5) is 0 Å². The first-order valence-electron chi connectivity index (χ1n) is 7.46. The first-order chi connectivity index (χ1) is 9.40. The average molecular weight is 276 g/mol. The van der Waals surface area contributed by atoms with Crippen molar-refractivity contribution in [2.75, 3.05) is 0 Å². The molecule has 0 saturated heterocycles. The van der Waals surface area contributed by atoms with Crippen LogP contribution in [0.5, 0.6) is 5.75 Å². The Morgan fingerprint density at radius 1 is 1.20 bits per heavy atom. The van der Waals surface area contributed by atoms with Crippen LogP contribution in [0.2, 0.25) is 0 Å². The van der Waals surface area contributed by atoms with Gasteiger partial charge in [0.15, 0.2) is 0 Å². The predicted molar refractivity (Wildman–Crippen MR) is 79.3 cm³/mol. The number of aryl methyl sites for hydroxylation is 1. The SMILES string of the molecule is Cc1ccc(C(C)C)c(O)c1C1(C(=O)O)CCCCC1. The summed E-state index contributed by atoms with van der Waals surface area (Å²) in [5.41, 5.74) is 1.47. The van der Waals surface area contributed by atoms with Crippen LogP contribution in [-0.2, 0) is 10.2 Å². The monoisotopic (exact) mass is 276 g/mol. The van der Waals surface area contributed by atoms with Gasteiger partial charge >= 0.3 is 5.97 Å².